The lowest BCUT2D eigenvalue weighted by molar-refractivity contribution is -0.137. The Labute approximate surface area is 214 Å². The Bertz CT molecular complexity index is 1260. The first-order valence-corrected chi connectivity index (χ1v) is 12.3. The van der Waals surface area contributed by atoms with Crippen LogP contribution in [0.1, 0.15) is 26.5 Å². The van der Waals surface area contributed by atoms with Crippen molar-refractivity contribution < 1.29 is 27.2 Å². The van der Waals surface area contributed by atoms with E-state index in [1.165, 1.54) is 6.07 Å². The molecule has 2 amide bonds. The van der Waals surface area contributed by atoms with Crippen molar-refractivity contribution in [2.45, 2.75) is 12.2 Å². The van der Waals surface area contributed by atoms with Gasteiger partial charge in [0.2, 0.25) is 0 Å². The van der Waals surface area contributed by atoms with Crippen LogP contribution >= 0.6 is 15.9 Å². The highest BCUT2D eigenvalue weighted by Crippen LogP contribution is 2.32. The molecule has 0 unspecified atom stereocenters. The molecule has 10 heteroatoms. The molecular weight excluding hydrogens is 539 g/mol. The van der Waals surface area contributed by atoms with Gasteiger partial charge >= 0.3 is 6.18 Å². The number of hydrogen-bond acceptors (Lipinski definition) is 4. The lowest BCUT2D eigenvalue weighted by Gasteiger charge is -2.48. The monoisotopic (exact) mass is 561 g/mol. The molecule has 0 N–H and O–H groups in total. The van der Waals surface area contributed by atoms with Crippen molar-refractivity contribution in [1.82, 2.24) is 14.7 Å². The zero-order valence-electron chi connectivity index (χ0n) is 19.2. The Balaban J connectivity index is 1.13. The molecule has 188 valence electrons. The third-order valence-corrected chi connectivity index (χ3v) is 7.13. The number of halogens is 4. The molecule has 0 saturated carbocycles. The van der Waals surface area contributed by atoms with E-state index in [-0.39, 0.29) is 17.9 Å². The van der Waals surface area contributed by atoms with Crippen LogP contribution in [-0.2, 0) is 6.18 Å². The molecule has 3 heterocycles. The normalized spacial score (nSPS) is 17.2. The van der Waals surface area contributed by atoms with Gasteiger partial charge in [-0.05, 0) is 63.5 Å². The Morgan fingerprint density at radius 1 is 0.833 bits per heavy atom. The summed E-state index contributed by atoms with van der Waals surface area (Å²) in [7, 11) is 0. The van der Waals surface area contributed by atoms with E-state index in [1.54, 1.807) is 52.3 Å². The molecule has 3 aromatic rings. The summed E-state index contributed by atoms with van der Waals surface area (Å²) in [4.78, 5) is 31.2. The average Bonchev–Trinajstić information content (AvgIpc) is 3.29. The Morgan fingerprint density at radius 2 is 1.53 bits per heavy atom. The van der Waals surface area contributed by atoms with Gasteiger partial charge in [0.15, 0.2) is 10.4 Å². The number of likely N-dealkylation sites (tertiary alicyclic amines) is 1. The van der Waals surface area contributed by atoms with Gasteiger partial charge in [-0.3, -0.25) is 14.5 Å². The first kappa shape index (κ1) is 24.6. The van der Waals surface area contributed by atoms with Crippen molar-refractivity contribution in [3.8, 4) is 11.1 Å². The molecule has 0 aliphatic carbocycles. The second-order valence-corrected chi connectivity index (χ2v) is 9.73. The minimum Gasteiger partial charge on any atom is -0.444 e. The zero-order valence-corrected chi connectivity index (χ0v) is 20.8. The van der Waals surface area contributed by atoms with Gasteiger partial charge in [-0.15, -0.1) is 0 Å². The van der Waals surface area contributed by atoms with E-state index in [0.29, 0.717) is 53.3 Å². The van der Waals surface area contributed by atoms with Crippen LogP contribution < -0.4 is 0 Å². The SMILES string of the molecule is O=C(c1ccc(-c2cccc(C(F)(F)F)c2)cc1)N1CC(N2CCN(C(=O)c3ccc(Br)o3)CC2)C1. The molecule has 2 aromatic carbocycles. The van der Waals surface area contributed by atoms with E-state index < -0.39 is 11.7 Å². The number of furan rings is 1. The van der Waals surface area contributed by atoms with Gasteiger partial charge in [0.05, 0.1) is 5.56 Å². The number of carbonyl (C=O) groups excluding carboxylic acids is 2. The second-order valence-electron chi connectivity index (χ2n) is 8.95. The maximum Gasteiger partial charge on any atom is 0.416 e. The van der Waals surface area contributed by atoms with Gasteiger partial charge in [-0.1, -0.05) is 24.3 Å². The van der Waals surface area contributed by atoms with Crippen molar-refractivity contribution in [1.29, 1.82) is 0 Å². The Morgan fingerprint density at radius 3 is 2.14 bits per heavy atom. The van der Waals surface area contributed by atoms with Crippen LogP contribution in [0, 0.1) is 0 Å². The highest BCUT2D eigenvalue weighted by molar-refractivity contribution is 9.10. The first-order valence-electron chi connectivity index (χ1n) is 11.5. The lowest BCUT2D eigenvalue weighted by Crippen LogP contribution is -2.64. The molecular formula is C26H23BrF3N3O3. The summed E-state index contributed by atoms with van der Waals surface area (Å²) < 4.78 is 44.9. The van der Waals surface area contributed by atoms with Gasteiger partial charge in [0, 0.05) is 50.9 Å². The molecule has 2 aliphatic rings. The van der Waals surface area contributed by atoms with Crippen LogP contribution in [0.3, 0.4) is 0 Å². The van der Waals surface area contributed by atoms with Crippen LogP contribution in [0.4, 0.5) is 13.2 Å². The number of carbonyl (C=O) groups is 2. The fraction of sp³-hybridized carbons (Fsp3) is 0.308. The highest BCUT2D eigenvalue weighted by atomic mass is 79.9. The smallest absolute Gasteiger partial charge is 0.416 e. The topological polar surface area (TPSA) is 57.0 Å². The van der Waals surface area contributed by atoms with Crippen LogP contribution in [-0.4, -0.2) is 71.8 Å². The van der Waals surface area contributed by atoms with E-state index in [2.05, 4.69) is 20.8 Å². The predicted molar refractivity (Wildman–Crippen MR) is 130 cm³/mol. The van der Waals surface area contributed by atoms with E-state index in [9.17, 15) is 22.8 Å². The largest absolute Gasteiger partial charge is 0.444 e. The predicted octanol–water partition coefficient (Wildman–Crippen LogP) is 5.01. The molecule has 2 aliphatic heterocycles. The molecule has 36 heavy (non-hydrogen) atoms. The van der Waals surface area contributed by atoms with E-state index in [1.807, 2.05) is 0 Å². The second kappa shape index (κ2) is 9.74. The minimum absolute atomic E-state index is 0.0981. The van der Waals surface area contributed by atoms with Crippen LogP contribution in [0.15, 0.2) is 69.8 Å². The molecule has 1 aromatic heterocycles. The van der Waals surface area contributed by atoms with Gasteiger partial charge in [-0.25, -0.2) is 0 Å². The summed E-state index contributed by atoms with van der Waals surface area (Å²) in [5, 5.41) is 0. The number of nitrogens with zero attached hydrogens (tertiary/aromatic N) is 3. The van der Waals surface area contributed by atoms with Gasteiger partial charge in [0.25, 0.3) is 11.8 Å². The van der Waals surface area contributed by atoms with Crippen LogP contribution in [0.5, 0.6) is 0 Å². The molecule has 5 rings (SSSR count). The van der Waals surface area contributed by atoms with E-state index in [4.69, 9.17) is 4.42 Å². The van der Waals surface area contributed by atoms with Crippen molar-refractivity contribution in [3.05, 3.63) is 82.2 Å². The van der Waals surface area contributed by atoms with Crippen molar-refractivity contribution in [3.63, 3.8) is 0 Å². The summed E-state index contributed by atoms with van der Waals surface area (Å²) in [5.74, 6) is 0.0909. The summed E-state index contributed by atoms with van der Waals surface area (Å²) in [6.07, 6.45) is -4.40. The average molecular weight is 562 g/mol. The molecule has 0 bridgehead atoms. The van der Waals surface area contributed by atoms with E-state index >= 15 is 0 Å². The minimum atomic E-state index is -4.40. The maximum atomic E-state index is 13.0. The quantitative estimate of drug-likeness (QED) is 0.449. The van der Waals surface area contributed by atoms with E-state index in [0.717, 1.165) is 25.2 Å². The Kier molecular flexibility index (Phi) is 6.65. The molecule has 2 fully saturated rings. The van der Waals surface area contributed by atoms with Crippen molar-refractivity contribution in [2.24, 2.45) is 0 Å². The first-order chi connectivity index (χ1) is 17.2. The highest BCUT2D eigenvalue weighted by Gasteiger charge is 2.37. The number of rotatable bonds is 4. The zero-order chi connectivity index (χ0) is 25.4. The summed E-state index contributed by atoms with van der Waals surface area (Å²) in [6.45, 7) is 3.86. The third kappa shape index (κ3) is 5.05. The number of amides is 2. The van der Waals surface area contributed by atoms with Gasteiger partial charge < -0.3 is 14.2 Å². The standard InChI is InChI=1S/C26H23BrF3N3O3/c27-23-9-8-22(36-23)25(35)32-12-10-31(11-13-32)21-15-33(16-21)24(34)18-6-4-17(5-7-18)19-2-1-3-20(14-19)26(28,29)30/h1-9,14,21H,10-13,15-16H2. The Hall–Kier alpha value is -3.11. The van der Waals surface area contributed by atoms with Crippen molar-refractivity contribution >= 4 is 27.7 Å². The maximum absolute atomic E-state index is 13.0. The number of piperazine rings is 1. The number of hydrogen-bond donors (Lipinski definition) is 0. The summed E-state index contributed by atoms with van der Waals surface area (Å²) in [6, 6.07) is 15.4. The van der Waals surface area contributed by atoms with Gasteiger partial charge in [-0.2, -0.15) is 13.2 Å². The van der Waals surface area contributed by atoms with Crippen molar-refractivity contribution in [2.75, 3.05) is 39.3 Å². The molecule has 0 radical (unpaired) electrons. The molecule has 6 nitrogen and oxygen atoms in total. The molecule has 0 spiro atoms. The molecule has 2 saturated heterocycles. The third-order valence-electron chi connectivity index (χ3n) is 6.71. The fourth-order valence-electron chi connectivity index (χ4n) is 4.59. The lowest BCUT2D eigenvalue weighted by atomic mass is 10.00. The number of alkyl halides is 3. The van der Waals surface area contributed by atoms with Crippen LogP contribution in [0.2, 0.25) is 0 Å². The number of benzene rings is 2. The summed E-state index contributed by atoms with van der Waals surface area (Å²) >= 11 is 3.21. The van der Waals surface area contributed by atoms with Gasteiger partial charge in [0.1, 0.15) is 0 Å². The van der Waals surface area contributed by atoms with Crippen LogP contribution in [0.25, 0.3) is 11.1 Å². The summed E-state index contributed by atoms with van der Waals surface area (Å²) in [5.41, 5.74) is 0.869. The molecule has 0 atom stereocenters. The fourth-order valence-corrected chi connectivity index (χ4v) is 4.90.